The lowest BCUT2D eigenvalue weighted by Crippen LogP contribution is -2.51. The van der Waals surface area contributed by atoms with Crippen molar-refractivity contribution >= 4 is 9.28 Å². The van der Waals surface area contributed by atoms with Crippen LogP contribution in [0.25, 0.3) is 10.4 Å². The molecular formula is C8H21N5Si. The summed E-state index contributed by atoms with van der Waals surface area (Å²) in [5.41, 5.74) is 8.56. The summed E-state index contributed by atoms with van der Waals surface area (Å²) in [6.07, 6.45) is 0. The minimum Gasteiger partial charge on any atom is -0.311 e. The van der Waals surface area contributed by atoms with E-state index in [-0.39, 0.29) is 0 Å². The molecule has 0 bridgehead atoms. The maximum Gasteiger partial charge on any atom is 0.288 e. The molecule has 0 radical (unpaired) electrons. The maximum atomic E-state index is 8.56. The Morgan fingerprint density at radius 3 is 1.57 bits per heavy atom. The molecule has 0 atom stereocenters. The molecule has 0 N–H and O–H groups in total. The van der Waals surface area contributed by atoms with Gasteiger partial charge in [0.2, 0.25) is 0 Å². The van der Waals surface area contributed by atoms with Gasteiger partial charge in [0.05, 0.1) is 0 Å². The van der Waals surface area contributed by atoms with E-state index < -0.39 is 9.28 Å². The normalized spacial score (nSPS) is 11.1. The Labute approximate surface area is 88.2 Å². The van der Waals surface area contributed by atoms with E-state index in [4.69, 9.17) is 5.53 Å². The van der Waals surface area contributed by atoms with Crippen molar-refractivity contribution in [2.45, 2.75) is 27.7 Å². The second-order valence-corrected chi connectivity index (χ2v) is 5.38. The smallest absolute Gasteiger partial charge is 0.288 e. The molecule has 0 aromatic carbocycles. The first-order valence-electron chi connectivity index (χ1n) is 5.27. The first-order chi connectivity index (χ1) is 6.74. The third-order valence-electron chi connectivity index (χ3n) is 2.43. The van der Waals surface area contributed by atoms with Crippen molar-refractivity contribution in [1.29, 1.82) is 0 Å². The van der Waals surface area contributed by atoms with Crippen LogP contribution in [0.1, 0.15) is 27.7 Å². The van der Waals surface area contributed by atoms with Crippen molar-refractivity contribution in [3.8, 4) is 0 Å². The number of rotatable bonds is 7. The molecule has 5 nitrogen and oxygen atoms in total. The maximum absolute atomic E-state index is 8.56. The van der Waals surface area contributed by atoms with Gasteiger partial charge in [0.15, 0.2) is 0 Å². The molecule has 0 rings (SSSR count). The molecule has 0 aromatic heterocycles. The van der Waals surface area contributed by atoms with E-state index in [9.17, 15) is 0 Å². The first kappa shape index (κ1) is 13.4. The molecule has 0 aromatic rings. The monoisotopic (exact) mass is 215 g/mol. The molecule has 0 fully saturated rings. The van der Waals surface area contributed by atoms with Crippen molar-refractivity contribution in [2.75, 3.05) is 26.2 Å². The average Bonchev–Trinajstić information content (AvgIpc) is 2.21. The van der Waals surface area contributed by atoms with Gasteiger partial charge < -0.3 is 9.13 Å². The zero-order chi connectivity index (χ0) is 11.0. The molecule has 0 aliphatic rings. The van der Waals surface area contributed by atoms with Gasteiger partial charge in [-0.25, -0.2) is 0 Å². The summed E-state index contributed by atoms with van der Waals surface area (Å²) in [6, 6.07) is 0. The molecule has 0 unspecified atom stereocenters. The Morgan fingerprint density at radius 1 is 1.00 bits per heavy atom. The van der Waals surface area contributed by atoms with Gasteiger partial charge in [-0.2, -0.15) is 0 Å². The predicted molar refractivity (Wildman–Crippen MR) is 62.1 cm³/mol. The van der Waals surface area contributed by atoms with Crippen LogP contribution in [0, 0.1) is 0 Å². The standard InChI is InChI=1S/C8H21N5Si/c1-5-12(6-2)14(11-10-9)13(7-3)8-4/h14H,5-8H2,1-4H3. The fourth-order valence-corrected chi connectivity index (χ4v) is 3.68. The van der Waals surface area contributed by atoms with Crippen molar-refractivity contribution in [3.63, 3.8) is 0 Å². The highest BCUT2D eigenvalue weighted by molar-refractivity contribution is 6.50. The van der Waals surface area contributed by atoms with Crippen LogP contribution in [-0.2, 0) is 0 Å². The van der Waals surface area contributed by atoms with Gasteiger partial charge >= 0.3 is 0 Å². The van der Waals surface area contributed by atoms with Crippen LogP contribution >= 0.6 is 0 Å². The Balaban J connectivity index is 4.61. The van der Waals surface area contributed by atoms with E-state index in [0.717, 1.165) is 26.2 Å². The van der Waals surface area contributed by atoms with Gasteiger partial charge in [-0.05, 0) is 36.6 Å². The number of hydrogen-bond donors (Lipinski definition) is 0. The highest BCUT2D eigenvalue weighted by Gasteiger charge is 2.22. The molecule has 0 saturated heterocycles. The Hall–Kier alpha value is -0.553. The van der Waals surface area contributed by atoms with Crippen LogP contribution in [-0.4, -0.2) is 44.6 Å². The molecule has 0 amide bonds. The summed E-state index contributed by atoms with van der Waals surface area (Å²) in [5, 5.41) is 0. The third kappa shape index (κ3) is 3.67. The van der Waals surface area contributed by atoms with E-state index in [1.54, 1.807) is 0 Å². The Morgan fingerprint density at radius 2 is 1.36 bits per heavy atom. The zero-order valence-corrected chi connectivity index (χ0v) is 10.8. The number of azide groups is 1. The Kier molecular flexibility index (Phi) is 7.51. The van der Waals surface area contributed by atoms with Crippen LogP contribution in [0.2, 0.25) is 0 Å². The summed E-state index contributed by atoms with van der Waals surface area (Å²) >= 11 is 0. The molecule has 0 aliphatic carbocycles. The van der Waals surface area contributed by atoms with Gasteiger partial charge in [-0.3, -0.25) is 0 Å². The third-order valence-corrected chi connectivity index (χ3v) is 5.51. The minimum absolute atomic E-state index is 0.961. The largest absolute Gasteiger partial charge is 0.311 e. The van der Waals surface area contributed by atoms with Crippen molar-refractivity contribution in [2.24, 2.45) is 4.78 Å². The lowest BCUT2D eigenvalue weighted by atomic mass is 10.7. The molecule has 82 valence electrons. The van der Waals surface area contributed by atoms with Crippen LogP contribution in [0.3, 0.4) is 0 Å². The molecule has 0 heterocycles. The van der Waals surface area contributed by atoms with Gasteiger partial charge in [-0.1, -0.05) is 32.5 Å². The van der Waals surface area contributed by atoms with E-state index >= 15 is 0 Å². The van der Waals surface area contributed by atoms with Gasteiger partial charge in [0.25, 0.3) is 9.28 Å². The molecule has 0 spiro atoms. The molecule has 0 saturated carbocycles. The number of nitrogens with zero attached hydrogens (tertiary/aromatic N) is 5. The quantitative estimate of drug-likeness (QED) is 0.281. The average molecular weight is 215 g/mol. The molecule has 0 aliphatic heterocycles. The topological polar surface area (TPSA) is 55.2 Å². The van der Waals surface area contributed by atoms with E-state index in [0.29, 0.717) is 0 Å². The van der Waals surface area contributed by atoms with Crippen molar-refractivity contribution in [1.82, 2.24) is 9.13 Å². The van der Waals surface area contributed by atoms with Gasteiger partial charge in [-0.15, -0.1) is 0 Å². The first-order valence-corrected chi connectivity index (χ1v) is 6.82. The van der Waals surface area contributed by atoms with E-state index in [2.05, 4.69) is 46.5 Å². The lowest BCUT2D eigenvalue weighted by molar-refractivity contribution is 0.378. The van der Waals surface area contributed by atoms with Crippen LogP contribution in [0.15, 0.2) is 4.78 Å². The molecule has 14 heavy (non-hydrogen) atoms. The predicted octanol–water partition coefficient (Wildman–Crippen LogP) is 1.70. The fraction of sp³-hybridized carbons (Fsp3) is 1.00. The van der Waals surface area contributed by atoms with Crippen molar-refractivity contribution < 1.29 is 0 Å². The van der Waals surface area contributed by atoms with Crippen LogP contribution in [0.4, 0.5) is 0 Å². The summed E-state index contributed by atoms with van der Waals surface area (Å²) in [5.74, 6) is 0. The summed E-state index contributed by atoms with van der Waals surface area (Å²) in [4.78, 5) is 2.97. The Bertz CT molecular complexity index is 172. The SMILES string of the molecule is CCN(CC)[SiH](N=[N+]=[N-])N(CC)CC. The van der Waals surface area contributed by atoms with E-state index in [1.165, 1.54) is 0 Å². The fourth-order valence-electron chi connectivity index (χ4n) is 1.52. The summed E-state index contributed by atoms with van der Waals surface area (Å²) < 4.78 is 8.55. The van der Waals surface area contributed by atoms with Gasteiger partial charge in [0, 0.05) is 0 Å². The highest BCUT2D eigenvalue weighted by atomic mass is 28.3. The number of hydrogen-bond acceptors (Lipinski definition) is 3. The van der Waals surface area contributed by atoms with Crippen molar-refractivity contribution in [3.05, 3.63) is 10.4 Å². The second kappa shape index (κ2) is 7.81. The van der Waals surface area contributed by atoms with Crippen LogP contribution in [0.5, 0.6) is 0 Å². The lowest BCUT2D eigenvalue weighted by Gasteiger charge is -2.32. The second-order valence-electron chi connectivity index (χ2n) is 2.99. The van der Waals surface area contributed by atoms with Gasteiger partial charge in [0.1, 0.15) is 0 Å². The zero-order valence-electron chi connectivity index (χ0n) is 9.64. The summed E-state index contributed by atoms with van der Waals surface area (Å²) in [6.45, 7) is 12.3. The van der Waals surface area contributed by atoms with Crippen LogP contribution < -0.4 is 0 Å². The molecular weight excluding hydrogens is 194 g/mol. The summed E-state index contributed by atoms with van der Waals surface area (Å²) in [7, 11) is -1.59. The molecule has 6 heteroatoms. The van der Waals surface area contributed by atoms with E-state index in [1.807, 2.05) is 0 Å². The minimum atomic E-state index is -1.59. The highest BCUT2D eigenvalue weighted by Crippen LogP contribution is 2.03.